The summed E-state index contributed by atoms with van der Waals surface area (Å²) in [6.45, 7) is 9.41. The number of rotatable bonds is 18. The van der Waals surface area contributed by atoms with E-state index in [1.807, 2.05) is 0 Å². The SMILES string of the molecule is CCCCCCCCCCCCCCCCCCSC1(C)CCC(=C(C)C)CC1. The van der Waals surface area contributed by atoms with E-state index < -0.39 is 0 Å². The second kappa shape index (κ2) is 17.7. The Morgan fingerprint density at radius 3 is 1.41 bits per heavy atom. The largest absolute Gasteiger partial charge is 0.155 e. The zero-order valence-electron chi connectivity index (χ0n) is 20.8. The van der Waals surface area contributed by atoms with Crippen LogP contribution in [0.5, 0.6) is 0 Å². The van der Waals surface area contributed by atoms with E-state index in [9.17, 15) is 0 Å². The molecular formula is C28H54S. The van der Waals surface area contributed by atoms with Crippen LogP contribution >= 0.6 is 11.8 Å². The molecule has 0 radical (unpaired) electrons. The van der Waals surface area contributed by atoms with E-state index in [0.717, 1.165) is 0 Å². The Morgan fingerprint density at radius 1 is 0.655 bits per heavy atom. The molecule has 1 fully saturated rings. The Hall–Kier alpha value is 0.0900. The molecule has 0 aromatic rings. The number of unbranched alkanes of at least 4 members (excludes halogenated alkanes) is 15. The zero-order valence-corrected chi connectivity index (χ0v) is 21.6. The average Bonchev–Trinajstić information content (AvgIpc) is 2.70. The van der Waals surface area contributed by atoms with Gasteiger partial charge in [0.2, 0.25) is 0 Å². The molecule has 1 heteroatoms. The highest BCUT2D eigenvalue weighted by Crippen LogP contribution is 2.42. The van der Waals surface area contributed by atoms with Crippen molar-refractivity contribution < 1.29 is 0 Å². The highest BCUT2D eigenvalue weighted by molar-refractivity contribution is 8.00. The fourth-order valence-electron chi connectivity index (χ4n) is 4.69. The van der Waals surface area contributed by atoms with Gasteiger partial charge >= 0.3 is 0 Å². The fraction of sp³-hybridized carbons (Fsp3) is 0.929. The minimum absolute atomic E-state index is 0.564. The summed E-state index contributed by atoms with van der Waals surface area (Å²) < 4.78 is 0.564. The fourth-order valence-corrected chi connectivity index (χ4v) is 6.03. The Kier molecular flexibility index (Phi) is 16.6. The van der Waals surface area contributed by atoms with Crippen LogP contribution < -0.4 is 0 Å². The van der Waals surface area contributed by atoms with Crippen molar-refractivity contribution in [2.75, 3.05) is 5.75 Å². The van der Waals surface area contributed by atoms with Gasteiger partial charge in [0.05, 0.1) is 0 Å². The Labute approximate surface area is 189 Å². The molecule has 0 N–H and O–H groups in total. The van der Waals surface area contributed by atoms with Crippen molar-refractivity contribution in [3.63, 3.8) is 0 Å². The van der Waals surface area contributed by atoms with Crippen LogP contribution in [0.25, 0.3) is 0 Å². The van der Waals surface area contributed by atoms with Crippen LogP contribution in [0.15, 0.2) is 11.1 Å². The van der Waals surface area contributed by atoms with E-state index in [2.05, 4.69) is 39.5 Å². The summed E-state index contributed by atoms with van der Waals surface area (Å²) in [4.78, 5) is 0. The first kappa shape index (κ1) is 27.1. The summed E-state index contributed by atoms with van der Waals surface area (Å²) in [7, 11) is 0. The van der Waals surface area contributed by atoms with E-state index in [1.54, 1.807) is 11.1 Å². The first-order chi connectivity index (χ1) is 14.1. The summed E-state index contributed by atoms with van der Waals surface area (Å²) in [6, 6.07) is 0. The van der Waals surface area contributed by atoms with Gasteiger partial charge in [-0.3, -0.25) is 0 Å². The van der Waals surface area contributed by atoms with Gasteiger partial charge in [0.25, 0.3) is 0 Å². The Balaban J connectivity index is 1.80. The molecule has 0 aromatic heterocycles. The van der Waals surface area contributed by atoms with Crippen molar-refractivity contribution in [2.24, 2.45) is 0 Å². The Bertz CT molecular complexity index is 395. The predicted octanol–water partition coefficient (Wildman–Crippen LogP) is 10.7. The van der Waals surface area contributed by atoms with E-state index in [-0.39, 0.29) is 0 Å². The second-order valence-electron chi connectivity index (χ2n) is 10.2. The van der Waals surface area contributed by atoms with Crippen LogP contribution in [0.3, 0.4) is 0 Å². The monoisotopic (exact) mass is 422 g/mol. The maximum absolute atomic E-state index is 2.52. The van der Waals surface area contributed by atoms with Crippen LogP contribution in [0.4, 0.5) is 0 Å². The third-order valence-electron chi connectivity index (χ3n) is 7.07. The minimum atomic E-state index is 0.564. The molecule has 0 bridgehead atoms. The molecule has 172 valence electrons. The molecule has 0 nitrogen and oxygen atoms in total. The number of thioether (sulfide) groups is 1. The molecule has 1 aliphatic carbocycles. The molecule has 0 unspecified atom stereocenters. The molecule has 0 amide bonds. The predicted molar refractivity (Wildman–Crippen MR) is 137 cm³/mol. The summed E-state index contributed by atoms with van der Waals surface area (Å²) >= 11 is 2.28. The summed E-state index contributed by atoms with van der Waals surface area (Å²) in [5, 5.41) is 0. The van der Waals surface area contributed by atoms with Crippen molar-refractivity contribution in [1.82, 2.24) is 0 Å². The number of hydrogen-bond acceptors (Lipinski definition) is 1. The molecule has 0 aliphatic heterocycles. The van der Waals surface area contributed by atoms with Crippen molar-refractivity contribution >= 4 is 11.8 Å². The molecule has 0 atom stereocenters. The molecule has 29 heavy (non-hydrogen) atoms. The third-order valence-corrected chi connectivity index (χ3v) is 8.66. The Morgan fingerprint density at radius 2 is 1.03 bits per heavy atom. The number of hydrogen-bond donors (Lipinski definition) is 0. The van der Waals surface area contributed by atoms with Crippen LogP contribution in [0.2, 0.25) is 0 Å². The molecule has 1 saturated carbocycles. The zero-order chi connectivity index (χ0) is 21.2. The quantitative estimate of drug-likeness (QED) is 0.156. The number of allylic oxidation sites excluding steroid dienone is 2. The third kappa shape index (κ3) is 14.7. The van der Waals surface area contributed by atoms with E-state index in [0.29, 0.717) is 4.75 Å². The van der Waals surface area contributed by atoms with Gasteiger partial charge in [0.15, 0.2) is 0 Å². The average molecular weight is 423 g/mol. The topological polar surface area (TPSA) is 0 Å². The van der Waals surface area contributed by atoms with Crippen molar-refractivity contribution in [1.29, 1.82) is 0 Å². The van der Waals surface area contributed by atoms with Gasteiger partial charge in [-0.2, -0.15) is 11.8 Å². The van der Waals surface area contributed by atoms with Crippen LogP contribution in [0, 0.1) is 0 Å². The molecular weight excluding hydrogens is 368 g/mol. The normalized spacial score (nSPS) is 19.7. The van der Waals surface area contributed by atoms with E-state index in [4.69, 9.17) is 0 Å². The van der Waals surface area contributed by atoms with Gasteiger partial charge in [0.1, 0.15) is 0 Å². The van der Waals surface area contributed by atoms with Crippen LogP contribution in [-0.2, 0) is 0 Å². The standard InChI is InChI=1S/C28H54S/c1-5-6-7-8-9-10-11-12-13-14-15-16-17-18-19-20-25-29-28(4)23-21-27(22-24-28)26(2)3/h5-25H2,1-4H3. The molecule has 1 rings (SSSR count). The maximum Gasteiger partial charge on any atom is 0.0138 e. The molecule has 1 aliphatic rings. The molecule has 0 heterocycles. The van der Waals surface area contributed by atoms with Gasteiger partial charge < -0.3 is 0 Å². The summed E-state index contributed by atoms with van der Waals surface area (Å²) in [6.07, 6.45) is 29.0. The lowest BCUT2D eigenvalue weighted by atomic mass is 9.84. The summed E-state index contributed by atoms with van der Waals surface area (Å²) in [5.74, 6) is 1.39. The minimum Gasteiger partial charge on any atom is -0.155 e. The lowest BCUT2D eigenvalue weighted by Gasteiger charge is -2.35. The molecule has 0 aromatic carbocycles. The van der Waals surface area contributed by atoms with Crippen molar-refractivity contribution in [2.45, 2.75) is 161 Å². The molecule has 0 saturated heterocycles. The van der Waals surface area contributed by atoms with Gasteiger partial charge in [-0.15, -0.1) is 0 Å². The van der Waals surface area contributed by atoms with E-state index >= 15 is 0 Å². The summed E-state index contributed by atoms with van der Waals surface area (Å²) in [5.41, 5.74) is 3.32. The van der Waals surface area contributed by atoms with E-state index in [1.165, 1.54) is 134 Å². The van der Waals surface area contributed by atoms with Crippen molar-refractivity contribution in [3.8, 4) is 0 Å². The lowest BCUT2D eigenvalue weighted by Crippen LogP contribution is -2.25. The van der Waals surface area contributed by atoms with Crippen LogP contribution in [0.1, 0.15) is 156 Å². The second-order valence-corrected chi connectivity index (χ2v) is 11.9. The van der Waals surface area contributed by atoms with Gasteiger partial charge in [-0.05, 0) is 51.7 Å². The lowest BCUT2D eigenvalue weighted by molar-refractivity contribution is 0.484. The smallest absolute Gasteiger partial charge is 0.0138 e. The highest BCUT2D eigenvalue weighted by Gasteiger charge is 2.28. The van der Waals surface area contributed by atoms with Gasteiger partial charge in [-0.1, -0.05) is 121 Å². The van der Waals surface area contributed by atoms with Crippen LogP contribution in [-0.4, -0.2) is 10.5 Å². The maximum atomic E-state index is 2.52. The molecule has 0 spiro atoms. The van der Waals surface area contributed by atoms with Crippen molar-refractivity contribution in [3.05, 3.63) is 11.1 Å². The first-order valence-corrected chi connectivity index (χ1v) is 14.3. The highest BCUT2D eigenvalue weighted by atomic mass is 32.2. The van der Waals surface area contributed by atoms with Gasteiger partial charge in [-0.25, -0.2) is 0 Å². The van der Waals surface area contributed by atoms with Gasteiger partial charge in [0, 0.05) is 4.75 Å². The first-order valence-electron chi connectivity index (χ1n) is 13.4.